The quantitative estimate of drug-likeness (QED) is 0.750. The smallest absolute Gasteiger partial charge is 0.227 e. The summed E-state index contributed by atoms with van der Waals surface area (Å²) in [7, 11) is 3.15. The van der Waals surface area contributed by atoms with Crippen LogP contribution in [0.1, 0.15) is 39.0 Å². The third-order valence-electron chi connectivity index (χ3n) is 3.80. The van der Waals surface area contributed by atoms with Crippen molar-refractivity contribution in [2.75, 3.05) is 14.2 Å². The van der Waals surface area contributed by atoms with E-state index in [-0.39, 0.29) is 11.9 Å². The van der Waals surface area contributed by atoms with Crippen molar-refractivity contribution in [2.24, 2.45) is 0 Å². The Bertz CT molecular complexity index is 699. The van der Waals surface area contributed by atoms with Crippen molar-refractivity contribution in [1.82, 2.24) is 15.5 Å². The lowest BCUT2D eigenvalue weighted by Gasteiger charge is -2.11. The third-order valence-corrected chi connectivity index (χ3v) is 3.80. The van der Waals surface area contributed by atoms with E-state index in [0.717, 1.165) is 18.4 Å². The number of aryl methyl sites for hydroxylation is 1. The molecule has 1 atom stereocenters. The Morgan fingerprint density at radius 3 is 2.72 bits per heavy atom. The number of ether oxygens (including phenoxy) is 2. The van der Waals surface area contributed by atoms with Crippen LogP contribution < -0.4 is 14.8 Å². The first kappa shape index (κ1) is 18.8. The molecule has 7 heteroatoms. The zero-order chi connectivity index (χ0) is 18.2. The number of aromatic nitrogens is 2. The van der Waals surface area contributed by atoms with Crippen LogP contribution in [0.3, 0.4) is 0 Å². The van der Waals surface area contributed by atoms with Crippen LogP contribution in [0.15, 0.2) is 22.7 Å². The Hall–Kier alpha value is -2.57. The standard InChI is InChI=1S/C18H25N3O4/c1-5-6-12(2)19-16(22)9-10-17-20-18(21-25-17)13-7-8-14(23-3)15(11-13)24-4/h7-8,11-12H,5-6,9-10H2,1-4H3,(H,19,22)/t12-/m0/s1. The van der Waals surface area contributed by atoms with Gasteiger partial charge in [-0.1, -0.05) is 18.5 Å². The molecule has 1 aromatic heterocycles. The van der Waals surface area contributed by atoms with Gasteiger partial charge in [-0.25, -0.2) is 0 Å². The fraction of sp³-hybridized carbons (Fsp3) is 0.500. The van der Waals surface area contributed by atoms with Gasteiger partial charge in [0.1, 0.15) is 0 Å². The molecule has 0 aliphatic carbocycles. The Balaban J connectivity index is 1.97. The maximum atomic E-state index is 11.9. The molecule has 0 aliphatic heterocycles. The van der Waals surface area contributed by atoms with Crippen LogP contribution >= 0.6 is 0 Å². The first-order chi connectivity index (χ1) is 12.1. The van der Waals surface area contributed by atoms with Crippen LogP contribution in [0, 0.1) is 0 Å². The SMILES string of the molecule is CCC[C@H](C)NC(=O)CCc1nc(-c2ccc(OC)c(OC)c2)no1. The van der Waals surface area contributed by atoms with Crippen molar-refractivity contribution in [3.05, 3.63) is 24.1 Å². The number of nitrogens with zero attached hydrogens (tertiary/aromatic N) is 2. The largest absolute Gasteiger partial charge is 0.493 e. The number of hydrogen-bond donors (Lipinski definition) is 1. The molecule has 7 nitrogen and oxygen atoms in total. The summed E-state index contributed by atoms with van der Waals surface area (Å²) >= 11 is 0. The summed E-state index contributed by atoms with van der Waals surface area (Å²) in [6.45, 7) is 4.10. The molecule has 136 valence electrons. The number of nitrogens with one attached hydrogen (secondary N) is 1. The first-order valence-electron chi connectivity index (χ1n) is 8.41. The molecule has 0 aliphatic rings. The van der Waals surface area contributed by atoms with Crippen LogP contribution in [0.25, 0.3) is 11.4 Å². The molecular formula is C18H25N3O4. The van der Waals surface area contributed by atoms with Gasteiger partial charge in [0.2, 0.25) is 17.6 Å². The number of methoxy groups -OCH3 is 2. The van der Waals surface area contributed by atoms with Crippen molar-refractivity contribution < 1.29 is 18.8 Å². The van der Waals surface area contributed by atoms with Gasteiger partial charge >= 0.3 is 0 Å². The minimum absolute atomic E-state index is 0.00758. The molecular weight excluding hydrogens is 322 g/mol. The molecule has 1 N–H and O–H groups in total. The normalized spacial score (nSPS) is 11.8. The van der Waals surface area contributed by atoms with Gasteiger partial charge in [0.05, 0.1) is 14.2 Å². The highest BCUT2D eigenvalue weighted by Crippen LogP contribution is 2.31. The van der Waals surface area contributed by atoms with Crippen LogP contribution in [0.4, 0.5) is 0 Å². The Morgan fingerprint density at radius 1 is 1.28 bits per heavy atom. The van der Waals surface area contributed by atoms with Gasteiger partial charge in [-0.3, -0.25) is 4.79 Å². The van der Waals surface area contributed by atoms with Gasteiger partial charge in [-0.2, -0.15) is 4.98 Å². The molecule has 1 heterocycles. The van der Waals surface area contributed by atoms with Gasteiger partial charge in [0.25, 0.3) is 0 Å². The van der Waals surface area contributed by atoms with Crippen molar-refractivity contribution in [1.29, 1.82) is 0 Å². The second kappa shape index (κ2) is 9.05. The number of hydrogen-bond acceptors (Lipinski definition) is 6. The fourth-order valence-corrected chi connectivity index (χ4v) is 2.52. The second-order valence-corrected chi connectivity index (χ2v) is 5.84. The van der Waals surface area contributed by atoms with Crippen molar-refractivity contribution in [3.63, 3.8) is 0 Å². The van der Waals surface area contributed by atoms with E-state index in [1.807, 2.05) is 13.0 Å². The van der Waals surface area contributed by atoms with Crippen molar-refractivity contribution >= 4 is 5.91 Å². The fourth-order valence-electron chi connectivity index (χ4n) is 2.52. The van der Waals surface area contributed by atoms with Gasteiger partial charge in [0, 0.05) is 24.4 Å². The summed E-state index contributed by atoms with van der Waals surface area (Å²) in [6.07, 6.45) is 2.74. The Morgan fingerprint density at radius 2 is 2.04 bits per heavy atom. The van der Waals surface area contributed by atoms with E-state index in [9.17, 15) is 4.79 Å². The molecule has 0 spiro atoms. The average Bonchev–Trinajstić information content (AvgIpc) is 3.08. The lowest BCUT2D eigenvalue weighted by molar-refractivity contribution is -0.121. The van der Waals surface area contributed by atoms with E-state index in [2.05, 4.69) is 22.4 Å². The number of amides is 1. The van der Waals surface area contributed by atoms with Gasteiger partial charge in [-0.05, 0) is 31.5 Å². The average molecular weight is 347 g/mol. The second-order valence-electron chi connectivity index (χ2n) is 5.84. The number of carbonyl (C=O) groups excluding carboxylic acids is 1. The van der Waals surface area contributed by atoms with Crippen LogP contribution in [0.2, 0.25) is 0 Å². The lowest BCUT2D eigenvalue weighted by Crippen LogP contribution is -2.32. The molecule has 0 fully saturated rings. The van der Waals surface area contributed by atoms with Gasteiger partial charge < -0.3 is 19.3 Å². The van der Waals surface area contributed by atoms with E-state index in [1.165, 1.54) is 0 Å². The first-order valence-corrected chi connectivity index (χ1v) is 8.41. The molecule has 0 unspecified atom stereocenters. The minimum Gasteiger partial charge on any atom is -0.493 e. The van der Waals surface area contributed by atoms with E-state index in [4.69, 9.17) is 14.0 Å². The predicted octanol–water partition coefficient (Wildman–Crippen LogP) is 2.99. The summed E-state index contributed by atoms with van der Waals surface area (Å²) < 4.78 is 15.7. The lowest BCUT2D eigenvalue weighted by atomic mass is 10.2. The summed E-state index contributed by atoms with van der Waals surface area (Å²) in [5.74, 6) is 2.11. The zero-order valence-electron chi connectivity index (χ0n) is 15.2. The maximum Gasteiger partial charge on any atom is 0.227 e. The zero-order valence-corrected chi connectivity index (χ0v) is 15.2. The van der Waals surface area contributed by atoms with E-state index in [0.29, 0.717) is 36.1 Å². The number of rotatable bonds is 9. The summed E-state index contributed by atoms with van der Waals surface area (Å²) in [6, 6.07) is 5.58. The summed E-state index contributed by atoms with van der Waals surface area (Å²) in [5, 5.41) is 6.93. The van der Waals surface area contributed by atoms with Gasteiger partial charge in [-0.15, -0.1) is 0 Å². The number of carbonyl (C=O) groups is 1. The van der Waals surface area contributed by atoms with Crippen LogP contribution in [-0.2, 0) is 11.2 Å². The van der Waals surface area contributed by atoms with Crippen molar-refractivity contribution in [2.45, 2.75) is 45.6 Å². The van der Waals surface area contributed by atoms with E-state index >= 15 is 0 Å². The maximum absolute atomic E-state index is 11.9. The molecule has 25 heavy (non-hydrogen) atoms. The molecule has 0 radical (unpaired) electrons. The van der Waals surface area contributed by atoms with Crippen molar-refractivity contribution in [3.8, 4) is 22.9 Å². The molecule has 2 aromatic rings. The van der Waals surface area contributed by atoms with E-state index in [1.54, 1.807) is 26.4 Å². The molecule has 1 amide bonds. The highest BCUT2D eigenvalue weighted by atomic mass is 16.5. The summed E-state index contributed by atoms with van der Waals surface area (Å²) in [5.41, 5.74) is 0.758. The minimum atomic E-state index is -0.00758. The summed E-state index contributed by atoms with van der Waals surface area (Å²) in [4.78, 5) is 16.2. The Labute approximate surface area is 147 Å². The molecule has 0 bridgehead atoms. The monoisotopic (exact) mass is 347 g/mol. The van der Waals surface area contributed by atoms with Gasteiger partial charge in [0.15, 0.2) is 11.5 Å². The highest BCUT2D eigenvalue weighted by Gasteiger charge is 2.14. The highest BCUT2D eigenvalue weighted by molar-refractivity contribution is 5.76. The molecule has 2 rings (SSSR count). The number of benzene rings is 1. The van der Waals surface area contributed by atoms with Crippen LogP contribution in [-0.4, -0.2) is 36.3 Å². The van der Waals surface area contributed by atoms with Crippen LogP contribution in [0.5, 0.6) is 11.5 Å². The molecule has 0 saturated carbocycles. The third kappa shape index (κ3) is 5.20. The van der Waals surface area contributed by atoms with E-state index < -0.39 is 0 Å². The molecule has 0 saturated heterocycles. The topological polar surface area (TPSA) is 86.5 Å². The Kier molecular flexibility index (Phi) is 6.80. The predicted molar refractivity (Wildman–Crippen MR) is 93.7 cm³/mol. The molecule has 1 aromatic carbocycles.